The zero-order valence-electron chi connectivity index (χ0n) is 16.4. The summed E-state index contributed by atoms with van der Waals surface area (Å²) in [4.78, 5) is 12.3. The Hall–Kier alpha value is -3.27. The van der Waals surface area contributed by atoms with Gasteiger partial charge in [0.15, 0.2) is 0 Å². The summed E-state index contributed by atoms with van der Waals surface area (Å²) in [5, 5.41) is 17.9. The zero-order chi connectivity index (χ0) is 22.4. The second-order valence-electron chi connectivity index (χ2n) is 6.57. The lowest BCUT2D eigenvalue weighted by molar-refractivity contribution is 0.0696. The van der Waals surface area contributed by atoms with Crippen molar-refractivity contribution in [1.29, 1.82) is 0 Å². The number of rotatable bonds is 8. The third kappa shape index (κ3) is 6.11. The molecule has 0 aliphatic rings. The van der Waals surface area contributed by atoms with E-state index in [0.717, 1.165) is 28.3 Å². The molecule has 0 amide bonds. The predicted molar refractivity (Wildman–Crippen MR) is 124 cm³/mol. The van der Waals surface area contributed by atoms with Crippen LogP contribution in [-0.2, 0) is 10.0 Å². The van der Waals surface area contributed by atoms with Gasteiger partial charge in [0.05, 0.1) is 21.0 Å². The van der Waals surface area contributed by atoms with Crippen LogP contribution < -0.4 is 16.2 Å². The van der Waals surface area contributed by atoms with Crippen LogP contribution in [0.4, 0.5) is 11.4 Å². The number of nitrogens with two attached hydrogens (primary N) is 2. The topological polar surface area (TPSA) is 136 Å². The summed E-state index contributed by atoms with van der Waals surface area (Å²) in [5.41, 5.74) is 7.47. The maximum absolute atomic E-state index is 12.2. The molecule has 31 heavy (non-hydrogen) atoms. The summed E-state index contributed by atoms with van der Waals surface area (Å²) in [7, 11) is -4.18. The SMILES string of the molecule is Nc1ccc(Sc2c(NCC=Cc3ccccc3)cc(C(=O)O)cc2S(N)(=O)=O)cc1. The first-order valence-electron chi connectivity index (χ1n) is 9.17. The van der Waals surface area contributed by atoms with Crippen LogP contribution in [0.5, 0.6) is 0 Å². The summed E-state index contributed by atoms with van der Waals surface area (Å²) in [5.74, 6) is -1.25. The largest absolute Gasteiger partial charge is 0.478 e. The van der Waals surface area contributed by atoms with Gasteiger partial charge in [-0.15, -0.1) is 0 Å². The van der Waals surface area contributed by atoms with Crippen molar-refractivity contribution in [2.75, 3.05) is 17.6 Å². The van der Waals surface area contributed by atoms with E-state index < -0.39 is 16.0 Å². The fourth-order valence-corrected chi connectivity index (χ4v) is 4.80. The van der Waals surface area contributed by atoms with E-state index in [1.807, 2.05) is 42.5 Å². The Kier molecular flexibility index (Phi) is 7.01. The highest BCUT2D eigenvalue weighted by Crippen LogP contribution is 2.39. The molecule has 3 rings (SSSR count). The van der Waals surface area contributed by atoms with Gasteiger partial charge in [0.2, 0.25) is 10.0 Å². The lowest BCUT2D eigenvalue weighted by atomic mass is 10.2. The Balaban J connectivity index is 1.99. The second-order valence-corrected chi connectivity index (χ2v) is 9.18. The fraction of sp³-hybridized carbons (Fsp3) is 0.0455. The Morgan fingerprint density at radius 2 is 1.74 bits per heavy atom. The number of nitrogen functional groups attached to an aromatic ring is 1. The molecule has 0 aliphatic carbocycles. The standard InChI is InChI=1S/C22H21N3O4S2/c23-17-8-10-18(11-9-17)30-21-19(25-12-4-7-15-5-2-1-3-6-15)13-16(22(26)27)14-20(21)31(24,28)29/h1-11,13-14,25H,12,23H2,(H,26,27)(H2,24,28,29). The molecule has 3 aromatic carbocycles. The molecular weight excluding hydrogens is 434 g/mol. The molecule has 0 bridgehead atoms. The van der Waals surface area contributed by atoms with Gasteiger partial charge in [-0.3, -0.25) is 0 Å². The number of carbonyl (C=O) groups is 1. The van der Waals surface area contributed by atoms with Crippen LogP contribution in [0.2, 0.25) is 0 Å². The van der Waals surface area contributed by atoms with Crippen molar-refractivity contribution >= 4 is 45.2 Å². The minimum atomic E-state index is -4.18. The number of nitrogens with one attached hydrogen (secondary N) is 1. The summed E-state index contributed by atoms with van der Waals surface area (Å²) < 4.78 is 24.5. The van der Waals surface area contributed by atoms with Crippen molar-refractivity contribution in [3.63, 3.8) is 0 Å². The monoisotopic (exact) mass is 455 g/mol. The molecule has 0 aliphatic heterocycles. The number of carboxylic acid groups (broad SMARTS) is 1. The number of primary sulfonamides is 1. The first kappa shape index (κ1) is 22.4. The summed E-state index contributed by atoms with van der Waals surface area (Å²) in [6.45, 7) is 0.345. The summed E-state index contributed by atoms with van der Waals surface area (Å²) in [6.07, 6.45) is 3.76. The number of hydrogen-bond acceptors (Lipinski definition) is 6. The van der Waals surface area contributed by atoms with Gasteiger partial charge in [0, 0.05) is 17.1 Å². The van der Waals surface area contributed by atoms with E-state index in [-0.39, 0.29) is 10.5 Å². The van der Waals surface area contributed by atoms with Crippen LogP contribution in [0.1, 0.15) is 15.9 Å². The minimum absolute atomic E-state index is 0.180. The molecule has 6 N–H and O–H groups in total. The molecule has 0 aromatic heterocycles. The molecule has 0 fully saturated rings. The Morgan fingerprint density at radius 1 is 1.06 bits per heavy atom. The van der Waals surface area contributed by atoms with Crippen LogP contribution in [0.3, 0.4) is 0 Å². The van der Waals surface area contributed by atoms with Crippen molar-refractivity contribution in [3.8, 4) is 0 Å². The first-order chi connectivity index (χ1) is 14.7. The van der Waals surface area contributed by atoms with Gasteiger partial charge in [-0.05, 0) is 42.0 Å². The number of aromatic carboxylic acids is 1. The van der Waals surface area contributed by atoms with Crippen molar-refractivity contribution in [2.24, 2.45) is 5.14 Å². The summed E-state index contributed by atoms with van der Waals surface area (Å²) in [6, 6.07) is 19.0. The van der Waals surface area contributed by atoms with Crippen LogP contribution in [0.15, 0.2) is 87.5 Å². The third-order valence-electron chi connectivity index (χ3n) is 4.23. The number of anilines is 2. The van der Waals surface area contributed by atoms with Gasteiger partial charge < -0.3 is 16.2 Å². The van der Waals surface area contributed by atoms with Crippen molar-refractivity contribution in [1.82, 2.24) is 0 Å². The molecule has 3 aromatic rings. The van der Waals surface area contributed by atoms with Crippen molar-refractivity contribution in [3.05, 3.63) is 83.9 Å². The molecule has 0 radical (unpaired) electrons. The van der Waals surface area contributed by atoms with E-state index in [2.05, 4.69) is 5.32 Å². The number of sulfonamides is 1. The molecule has 9 heteroatoms. The van der Waals surface area contributed by atoms with Gasteiger partial charge in [0.25, 0.3) is 0 Å². The average Bonchev–Trinajstić information content (AvgIpc) is 2.73. The Morgan fingerprint density at radius 3 is 2.35 bits per heavy atom. The van der Waals surface area contributed by atoms with E-state index in [1.165, 1.54) is 6.07 Å². The molecule has 0 unspecified atom stereocenters. The molecule has 0 saturated heterocycles. The highest BCUT2D eigenvalue weighted by molar-refractivity contribution is 8.00. The normalized spacial score (nSPS) is 11.5. The molecule has 0 spiro atoms. The second kappa shape index (κ2) is 9.69. The maximum atomic E-state index is 12.2. The average molecular weight is 456 g/mol. The Labute approximate surface area is 184 Å². The number of benzene rings is 3. The first-order valence-corrected chi connectivity index (χ1v) is 11.5. The number of hydrogen-bond donors (Lipinski definition) is 4. The van der Waals surface area contributed by atoms with Gasteiger partial charge in [-0.2, -0.15) is 0 Å². The quantitative estimate of drug-likeness (QED) is 0.378. The minimum Gasteiger partial charge on any atom is -0.478 e. The van der Waals surface area contributed by atoms with E-state index >= 15 is 0 Å². The summed E-state index contributed by atoms with van der Waals surface area (Å²) >= 11 is 1.16. The van der Waals surface area contributed by atoms with Gasteiger partial charge in [-0.1, -0.05) is 54.2 Å². The van der Waals surface area contributed by atoms with Gasteiger partial charge in [-0.25, -0.2) is 18.4 Å². The van der Waals surface area contributed by atoms with Crippen LogP contribution in [-0.4, -0.2) is 26.0 Å². The van der Waals surface area contributed by atoms with Crippen LogP contribution in [0.25, 0.3) is 6.08 Å². The molecule has 160 valence electrons. The smallest absolute Gasteiger partial charge is 0.335 e. The molecule has 7 nitrogen and oxygen atoms in total. The van der Waals surface area contributed by atoms with Crippen LogP contribution in [0, 0.1) is 0 Å². The Bertz CT molecular complexity index is 1210. The molecule has 0 saturated carbocycles. The van der Waals surface area contributed by atoms with E-state index in [4.69, 9.17) is 10.9 Å². The maximum Gasteiger partial charge on any atom is 0.335 e. The zero-order valence-corrected chi connectivity index (χ0v) is 18.0. The lowest BCUT2D eigenvalue weighted by Crippen LogP contribution is -2.16. The van der Waals surface area contributed by atoms with Crippen molar-refractivity contribution in [2.45, 2.75) is 14.7 Å². The molecular formula is C22H21N3O4S2. The predicted octanol–water partition coefficient (Wildman–Crippen LogP) is 3.89. The lowest BCUT2D eigenvalue weighted by Gasteiger charge is -2.16. The highest BCUT2D eigenvalue weighted by Gasteiger charge is 2.22. The highest BCUT2D eigenvalue weighted by atomic mass is 32.2. The van der Waals surface area contributed by atoms with Crippen molar-refractivity contribution < 1.29 is 18.3 Å². The van der Waals surface area contributed by atoms with E-state index in [1.54, 1.807) is 24.3 Å². The van der Waals surface area contributed by atoms with E-state index in [9.17, 15) is 18.3 Å². The fourth-order valence-electron chi connectivity index (χ4n) is 2.76. The third-order valence-corrected chi connectivity index (χ3v) is 6.44. The van der Waals surface area contributed by atoms with Gasteiger partial charge in [0.1, 0.15) is 0 Å². The molecule has 0 atom stereocenters. The molecule has 0 heterocycles. The van der Waals surface area contributed by atoms with E-state index in [0.29, 0.717) is 22.8 Å². The van der Waals surface area contributed by atoms with Crippen LogP contribution >= 0.6 is 11.8 Å². The number of carboxylic acids is 1. The van der Waals surface area contributed by atoms with Gasteiger partial charge >= 0.3 is 5.97 Å².